The van der Waals surface area contributed by atoms with Gasteiger partial charge in [0, 0.05) is 25.1 Å². The van der Waals surface area contributed by atoms with Gasteiger partial charge in [-0.2, -0.15) is 4.39 Å². The van der Waals surface area contributed by atoms with Gasteiger partial charge in [0.1, 0.15) is 0 Å². The first-order chi connectivity index (χ1) is 7.86. The van der Waals surface area contributed by atoms with E-state index in [-0.39, 0.29) is 5.75 Å². The van der Waals surface area contributed by atoms with Crippen molar-refractivity contribution >= 4 is 0 Å². The summed E-state index contributed by atoms with van der Waals surface area (Å²) in [5.41, 5.74) is 0. The minimum absolute atomic E-state index is 0.202. The summed E-state index contributed by atoms with van der Waals surface area (Å²) in [6.07, 6.45) is 7.54. The highest BCUT2D eigenvalue weighted by molar-refractivity contribution is 5.17. The Morgan fingerprint density at radius 1 is 1.38 bits per heavy atom. The molecule has 0 saturated carbocycles. The molecular formula is C11H12FN3O. The molecule has 0 fully saturated rings. The number of nitrogens with zero attached hydrogens (tertiary/aromatic N) is 3. The van der Waals surface area contributed by atoms with Gasteiger partial charge in [-0.1, -0.05) is 0 Å². The van der Waals surface area contributed by atoms with Crippen LogP contribution in [0.25, 0.3) is 0 Å². The van der Waals surface area contributed by atoms with Crippen molar-refractivity contribution in [2.24, 2.45) is 0 Å². The Bertz CT molecular complexity index is 431. The number of rotatable bonds is 5. The molecule has 0 saturated heterocycles. The van der Waals surface area contributed by atoms with Gasteiger partial charge in [-0.15, -0.1) is 0 Å². The van der Waals surface area contributed by atoms with Crippen molar-refractivity contribution < 1.29 is 9.13 Å². The van der Waals surface area contributed by atoms with Crippen LogP contribution in [0.2, 0.25) is 0 Å². The van der Waals surface area contributed by atoms with Crippen molar-refractivity contribution in [3.63, 3.8) is 0 Å². The fourth-order valence-corrected chi connectivity index (χ4v) is 1.33. The molecule has 0 bridgehead atoms. The summed E-state index contributed by atoms with van der Waals surface area (Å²) < 4.78 is 20.3. The third kappa shape index (κ3) is 2.79. The Balaban J connectivity index is 1.74. The Morgan fingerprint density at radius 2 is 2.31 bits per heavy atom. The SMILES string of the molecule is Fc1ncccc1OCCCn1ccnc1. The van der Waals surface area contributed by atoms with Crippen LogP contribution in [0.4, 0.5) is 4.39 Å². The summed E-state index contributed by atoms with van der Waals surface area (Å²) in [6, 6.07) is 3.22. The zero-order chi connectivity index (χ0) is 11.2. The molecule has 2 aromatic heterocycles. The summed E-state index contributed by atoms with van der Waals surface area (Å²) in [5, 5.41) is 0. The molecule has 16 heavy (non-hydrogen) atoms. The van der Waals surface area contributed by atoms with Crippen LogP contribution in [0.15, 0.2) is 37.1 Å². The maximum absolute atomic E-state index is 13.0. The maximum Gasteiger partial charge on any atom is 0.255 e. The monoisotopic (exact) mass is 221 g/mol. The third-order valence-corrected chi connectivity index (χ3v) is 2.10. The molecule has 0 N–H and O–H groups in total. The molecule has 0 radical (unpaired) electrons. The molecule has 2 heterocycles. The second kappa shape index (κ2) is 5.25. The highest BCUT2D eigenvalue weighted by atomic mass is 19.1. The van der Waals surface area contributed by atoms with Crippen LogP contribution in [0.3, 0.4) is 0 Å². The van der Waals surface area contributed by atoms with Gasteiger partial charge < -0.3 is 9.30 Å². The number of hydrogen-bond acceptors (Lipinski definition) is 3. The topological polar surface area (TPSA) is 39.9 Å². The first kappa shape index (κ1) is 10.6. The van der Waals surface area contributed by atoms with E-state index in [0.29, 0.717) is 6.61 Å². The van der Waals surface area contributed by atoms with Gasteiger partial charge in [-0.25, -0.2) is 9.97 Å². The van der Waals surface area contributed by atoms with E-state index in [1.54, 1.807) is 24.7 Å². The van der Waals surface area contributed by atoms with Crippen LogP contribution in [0.1, 0.15) is 6.42 Å². The second-order valence-corrected chi connectivity index (χ2v) is 3.29. The molecule has 0 amide bonds. The number of aryl methyl sites for hydroxylation is 1. The van der Waals surface area contributed by atoms with E-state index in [1.165, 1.54) is 6.20 Å². The Labute approximate surface area is 92.7 Å². The highest BCUT2D eigenvalue weighted by Crippen LogP contribution is 2.12. The molecule has 0 atom stereocenters. The van der Waals surface area contributed by atoms with Crippen molar-refractivity contribution in [2.45, 2.75) is 13.0 Å². The van der Waals surface area contributed by atoms with Gasteiger partial charge in [0.2, 0.25) is 0 Å². The van der Waals surface area contributed by atoms with Crippen molar-refractivity contribution in [3.05, 3.63) is 43.0 Å². The Morgan fingerprint density at radius 3 is 3.06 bits per heavy atom. The van der Waals surface area contributed by atoms with Crippen LogP contribution >= 0.6 is 0 Å². The molecule has 4 nitrogen and oxygen atoms in total. The maximum atomic E-state index is 13.0. The summed E-state index contributed by atoms with van der Waals surface area (Å²) in [4.78, 5) is 7.43. The van der Waals surface area contributed by atoms with Gasteiger partial charge in [0.15, 0.2) is 5.75 Å². The fourth-order valence-electron chi connectivity index (χ4n) is 1.33. The van der Waals surface area contributed by atoms with Gasteiger partial charge in [0.05, 0.1) is 12.9 Å². The molecule has 0 aliphatic rings. The van der Waals surface area contributed by atoms with Crippen molar-refractivity contribution in [1.82, 2.24) is 14.5 Å². The normalized spacial score (nSPS) is 10.3. The van der Waals surface area contributed by atoms with Crippen LogP contribution < -0.4 is 4.74 Å². The molecule has 0 spiro atoms. The molecule has 0 aliphatic heterocycles. The summed E-state index contributed by atoms with van der Waals surface area (Å²) in [5.74, 6) is -0.363. The molecule has 2 aromatic rings. The van der Waals surface area contributed by atoms with E-state index in [9.17, 15) is 4.39 Å². The number of ether oxygens (including phenoxy) is 1. The van der Waals surface area contributed by atoms with Gasteiger partial charge in [0.25, 0.3) is 5.95 Å². The highest BCUT2D eigenvalue weighted by Gasteiger charge is 2.01. The predicted octanol–water partition coefficient (Wildman–Crippen LogP) is 1.89. The van der Waals surface area contributed by atoms with Gasteiger partial charge in [-0.3, -0.25) is 0 Å². The van der Waals surface area contributed by atoms with Crippen molar-refractivity contribution in [2.75, 3.05) is 6.61 Å². The van der Waals surface area contributed by atoms with Crippen LogP contribution in [0.5, 0.6) is 5.75 Å². The average Bonchev–Trinajstić information content (AvgIpc) is 2.79. The number of halogens is 1. The first-order valence-corrected chi connectivity index (χ1v) is 5.05. The lowest BCUT2D eigenvalue weighted by molar-refractivity contribution is 0.283. The fraction of sp³-hybridized carbons (Fsp3) is 0.273. The Hall–Kier alpha value is -1.91. The summed E-state index contributed by atoms with van der Waals surface area (Å²) in [7, 11) is 0. The number of hydrogen-bond donors (Lipinski definition) is 0. The predicted molar refractivity (Wildman–Crippen MR) is 56.5 cm³/mol. The molecule has 0 aliphatic carbocycles. The summed E-state index contributed by atoms with van der Waals surface area (Å²) >= 11 is 0. The lowest BCUT2D eigenvalue weighted by Gasteiger charge is -2.06. The lowest BCUT2D eigenvalue weighted by Crippen LogP contribution is -2.04. The molecule has 5 heteroatoms. The molecule has 0 unspecified atom stereocenters. The first-order valence-electron chi connectivity index (χ1n) is 5.05. The molecule has 2 rings (SSSR count). The number of aromatic nitrogens is 3. The van der Waals surface area contributed by atoms with E-state index in [4.69, 9.17) is 4.74 Å². The molecule has 84 valence electrons. The van der Waals surface area contributed by atoms with Crippen molar-refractivity contribution in [3.8, 4) is 5.75 Å². The standard InChI is InChI=1S/C11H12FN3O/c12-11-10(3-1-4-14-11)16-8-2-6-15-7-5-13-9-15/h1,3-5,7,9H,2,6,8H2. The zero-order valence-corrected chi connectivity index (χ0v) is 8.71. The van der Waals surface area contributed by atoms with Crippen LogP contribution in [0, 0.1) is 5.95 Å². The minimum Gasteiger partial charge on any atom is -0.489 e. The molecule has 0 aromatic carbocycles. The number of pyridine rings is 1. The van der Waals surface area contributed by atoms with E-state index in [0.717, 1.165) is 13.0 Å². The average molecular weight is 221 g/mol. The second-order valence-electron chi connectivity index (χ2n) is 3.29. The van der Waals surface area contributed by atoms with Gasteiger partial charge >= 0.3 is 0 Å². The smallest absolute Gasteiger partial charge is 0.255 e. The van der Waals surface area contributed by atoms with E-state index in [1.807, 2.05) is 10.8 Å². The van der Waals surface area contributed by atoms with E-state index in [2.05, 4.69) is 9.97 Å². The quantitative estimate of drug-likeness (QED) is 0.571. The third-order valence-electron chi connectivity index (χ3n) is 2.10. The lowest BCUT2D eigenvalue weighted by atomic mass is 10.4. The van der Waals surface area contributed by atoms with E-state index >= 15 is 0 Å². The van der Waals surface area contributed by atoms with Crippen LogP contribution in [-0.4, -0.2) is 21.1 Å². The van der Waals surface area contributed by atoms with Crippen molar-refractivity contribution in [1.29, 1.82) is 0 Å². The number of imidazole rings is 1. The van der Waals surface area contributed by atoms with Gasteiger partial charge in [-0.05, 0) is 18.6 Å². The molecular weight excluding hydrogens is 209 g/mol. The van der Waals surface area contributed by atoms with Crippen LogP contribution in [-0.2, 0) is 6.54 Å². The Kier molecular flexibility index (Phi) is 3.48. The minimum atomic E-state index is -0.565. The van der Waals surface area contributed by atoms with E-state index < -0.39 is 5.95 Å². The zero-order valence-electron chi connectivity index (χ0n) is 8.71. The largest absolute Gasteiger partial charge is 0.489 e. The summed E-state index contributed by atoms with van der Waals surface area (Å²) in [6.45, 7) is 1.27.